The lowest BCUT2D eigenvalue weighted by Gasteiger charge is -2.26. The van der Waals surface area contributed by atoms with E-state index in [0.717, 1.165) is 22.5 Å². The van der Waals surface area contributed by atoms with Crippen molar-refractivity contribution in [2.45, 2.75) is 13.0 Å². The molecule has 0 radical (unpaired) electrons. The standard InChI is InChI=1S/C19H28N4O3/c20-16-2-4-18(21)15(11-16)13-22-17-3-1-14(5-8-24)19(12-17)23(6-9-25)7-10-26/h1-4,11-12,22,24-26H,5-10,13,20-21H2. The van der Waals surface area contributed by atoms with Gasteiger partial charge in [-0.15, -0.1) is 0 Å². The lowest BCUT2D eigenvalue weighted by atomic mass is 10.1. The molecule has 0 amide bonds. The van der Waals surface area contributed by atoms with Gasteiger partial charge in [0.15, 0.2) is 0 Å². The molecule has 142 valence electrons. The summed E-state index contributed by atoms with van der Waals surface area (Å²) in [6, 6.07) is 11.2. The van der Waals surface area contributed by atoms with Crippen LogP contribution in [0.3, 0.4) is 0 Å². The topological polar surface area (TPSA) is 128 Å². The summed E-state index contributed by atoms with van der Waals surface area (Å²) in [6.45, 7) is 1.34. The minimum atomic E-state index is -0.0178. The van der Waals surface area contributed by atoms with Crippen LogP contribution in [0.4, 0.5) is 22.7 Å². The van der Waals surface area contributed by atoms with E-state index < -0.39 is 0 Å². The van der Waals surface area contributed by atoms with E-state index in [0.29, 0.717) is 37.4 Å². The fourth-order valence-electron chi connectivity index (χ4n) is 2.87. The van der Waals surface area contributed by atoms with Crippen molar-refractivity contribution in [3.8, 4) is 0 Å². The predicted molar refractivity (Wildman–Crippen MR) is 106 cm³/mol. The molecule has 0 unspecified atom stereocenters. The summed E-state index contributed by atoms with van der Waals surface area (Å²) < 4.78 is 0. The summed E-state index contributed by atoms with van der Waals surface area (Å²) >= 11 is 0. The van der Waals surface area contributed by atoms with Crippen LogP contribution in [0.25, 0.3) is 0 Å². The normalized spacial score (nSPS) is 10.7. The Kier molecular flexibility index (Phi) is 7.53. The first-order chi connectivity index (χ1) is 12.6. The van der Waals surface area contributed by atoms with Crippen LogP contribution in [0.15, 0.2) is 36.4 Å². The van der Waals surface area contributed by atoms with E-state index in [2.05, 4.69) is 5.32 Å². The molecule has 0 atom stereocenters. The van der Waals surface area contributed by atoms with Crippen LogP contribution in [0.1, 0.15) is 11.1 Å². The first-order valence-corrected chi connectivity index (χ1v) is 8.67. The number of aliphatic hydroxyl groups is 3. The summed E-state index contributed by atoms with van der Waals surface area (Å²) in [5, 5.41) is 31.3. The van der Waals surface area contributed by atoms with Gasteiger partial charge in [-0.2, -0.15) is 0 Å². The maximum Gasteiger partial charge on any atom is 0.0606 e. The van der Waals surface area contributed by atoms with E-state index in [9.17, 15) is 15.3 Å². The van der Waals surface area contributed by atoms with Crippen molar-refractivity contribution in [2.75, 3.05) is 54.6 Å². The second-order valence-electron chi connectivity index (χ2n) is 6.06. The molecule has 0 fully saturated rings. The van der Waals surface area contributed by atoms with E-state index in [-0.39, 0.29) is 19.8 Å². The highest BCUT2D eigenvalue weighted by Gasteiger charge is 2.12. The largest absolute Gasteiger partial charge is 0.399 e. The summed E-state index contributed by atoms with van der Waals surface area (Å²) in [5.41, 5.74) is 16.8. The Bertz CT molecular complexity index is 703. The van der Waals surface area contributed by atoms with Crippen molar-refractivity contribution >= 4 is 22.7 Å². The van der Waals surface area contributed by atoms with Crippen molar-refractivity contribution in [3.05, 3.63) is 47.5 Å². The van der Waals surface area contributed by atoms with Crippen molar-refractivity contribution < 1.29 is 15.3 Å². The molecule has 7 nitrogen and oxygen atoms in total. The lowest BCUT2D eigenvalue weighted by Crippen LogP contribution is -2.30. The number of anilines is 4. The third-order valence-corrected chi connectivity index (χ3v) is 4.20. The Morgan fingerprint density at radius 2 is 1.58 bits per heavy atom. The molecule has 0 saturated carbocycles. The molecular formula is C19H28N4O3. The van der Waals surface area contributed by atoms with Crippen LogP contribution in [0.5, 0.6) is 0 Å². The lowest BCUT2D eigenvalue weighted by molar-refractivity contribution is 0.280. The molecular weight excluding hydrogens is 332 g/mol. The van der Waals surface area contributed by atoms with Gasteiger partial charge < -0.3 is 37.0 Å². The molecule has 0 spiro atoms. The Morgan fingerprint density at radius 1 is 0.846 bits per heavy atom. The Morgan fingerprint density at radius 3 is 2.23 bits per heavy atom. The zero-order valence-electron chi connectivity index (χ0n) is 14.9. The van der Waals surface area contributed by atoms with Crippen molar-refractivity contribution in [1.29, 1.82) is 0 Å². The quantitative estimate of drug-likeness (QED) is 0.346. The van der Waals surface area contributed by atoms with Gasteiger partial charge in [-0.25, -0.2) is 0 Å². The van der Waals surface area contributed by atoms with E-state index in [1.165, 1.54) is 0 Å². The number of nitrogens with zero attached hydrogens (tertiary/aromatic N) is 1. The maximum atomic E-state index is 9.31. The molecule has 0 aliphatic carbocycles. The third kappa shape index (κ3) is 5.26. The molecule has 0 aromatic heterocycles. The van der Waals surface area contributed by atoms with Gasteiger partial charge >= 0.3 is 0 Å². The molecule has 0 heterocycles. The minimum Gasteiger partial charge on any atom is -0.399 e. The predicted octanol–water partition coefficient (Wildman–Crippen LogP) is 0.789. The summed E-state index contributed by atoms with van der Waals surface area (Å²) in [7, 11) is 0. The fraction of sp³-hybridized carbons (Fsp3) is 0.368. The Hall–Kier alpha value is -2.48. The van der Waals surface area contributed by atoms with Crippen LogP contribution in [0, 0.1) is 0 Å². The van der Waals surface area contributed by atoms with E-state index in [1.807, 2.05) is 29.2 Å². The summed E-state index contributed by atoms with van der Waals surface area (Å²) in [6.07, 6.45) is 0.505. The monoisotopic (exact) mass is 360 g/mol. The summed E-state index contributed by atoms with van der Waals surface area (Å²) in [5.74, 6) is 0. The summed E-state index contributed by atoms with van der Waals surface area (Å²) in [4.78, 5) is 1.91. The SMILES string of the molecule is Nc1ccc(N)c(CNc2ccc(CCO)c(N(CCO)CCO)c2)c1. The molecule has 0 aliphatic heterocycles. The number of rotatable bonds is 10. The van der Waals surface area contributed by atoms with Crippen molar-refractivity contribution in [1.82, 2.24) is 0 Å². The zero-order valence-corrected chi connectivity index (χ0v) is 14.9. The Balaban J connectivity index is 2.23. The zero-order chi connectivity index (χ0) is 18.9. The van der Waals surface area contributed by atoms with Crippen molar-refractivity contribution in [2.24, 2.45) is 0 Å². The highest BCUT2D eigenvalue weighted by molar-refractivity contribution is 5.64. The molecule has 2 rings (SSSR count). The molecule has 7 heteroatoms. The van der Waals surface area contributed by atoms with Gasteiger partial charge in [0.2, 0.25) is 0 Å². The second kappa shape index (κ2) is 9.86. The molecule has 0 bridgehead atoms. The number of hydrogen-bond acceptors (Lipinski definition) is 7. The third-order valence-electron chi connectivity index (χ3n) is 4.20. The van der Waals surface area contributed by atoms with Gasteiger partial charge in [0.05, 0.1) is 13.2 Å². The maximum absolute atomic E-state index is 9.31. The first kappa shape index (κ1) is 19.8. The number of hydrogen-bond donors (Lipinski definition) is 6. The number of benzene rings is 2. The number of nitrogens with one attached hydrogen (secondary N) is 1. The van der Waals surface area contributed by atoms with Gasteiger partial charge in [-0.05, 0) is 47.9 Å². The highest BCUT2D eigenvalue weighted by atomic mass is 16.3. The fourth-order valence-corrected chi connectivity index (χ4v) is 2.87. The second-order valence-corrected chi connectivity index (χ2v) is 6.06. The number of nitrogen functional groups attached to an aromatic ring is 2. The molecule has 0 saturated heterocycles. The smallest absolute Gasteiger partial charge is 0.0606 e. The average Bonchev–Trinajstić information content (AvgIpc) is 2.63. The Labute approximate surface area is 153 Å². The van der Waals surface area contributed by atoms with Gasteiger partial charge in [0.1, 0.15) is 0 Å². The number of nitrogens with two attached hydrogens (primary N) is 2. The molecule has 26 heavy (non-hydrogen) atoms. The van der Waals surface area contributed by atoms with Crippen LogP contribution >= 0.6 is 0 Å². The molecule has 2 aromatic carbocycles. The van der Waals surface area contributed by atoms with E-state index in [4.69, 9.17) is 11.5 Å². The minimum absolute atomic E-state index is 0.0178. The van der Waals surface area contributed by atoms with Gasteiger partial charge in [0.25, 0.3) is 0 Å². The molecule has 2 aromatic rings. The van der Waals surface area contributed by atoms with Crippen LogP contribution < -0.4 is 21.7 Å². The van der Waals surface area contributed by atoms with Gasteiger partial charge in [0, 0.05) is 49.0 Å². The molecule has 0 aliphatic rings. The number of aliphatic hydroxyl groups excluding tert-OH is 3. The van der Waals surface area contributed by atoms with Crippen LogP contribution in [-0.4, -0.2) is 48.2 Å². The van der Waals surface area contributed by atoms with E-state index in [1.54, 1.807) is 12.1 Å². The molecule has 8 N–H and O–H groups in total. The van der Waals surface area contributed by atoms with Crippen LogP contribution in [-0.2, 0) is 13.0 Å². The van der Waals surface area contributed by atoms with Crippen LogP contribution in [0.2, 0.25) is 0 Å². The van der Waals surface area contributed by atoms with E-state index >= 15 is 0 Å². The van der Waals surface area contributed by atoms with Gasteiger partial charge in [-0.1, -0.05) is 6.07 Å². The van der Waals surface area contributed by atoms with Gasteiger partial charge in [-0.3, -0.25) is 0 Å². The van der Waals surface area contributed by atoms with Crippen molar-refractivity contribution in [3.63, 3.8) is 0 Å². The highest BCUT2D eigenvalue weighted by Crippen LogP contribution is 2.26. The average molecular weight is 360 g/mol. The first-order valence-electron chi connectivity index (χ1n) is 8.67.